The van der Waals surface area contributed by atoms with E-state index in [0.29, 0.717) is 16.0 Å². The van der Waals surface area contributed by atoms with E-state index < -0.39 is 18.5 Å². The number of esters is 1. The van der Waals surface area contributed by atoms with Gasteiger partial charge in [0.1, 0.15) is 11.6 Å². The van der Waals surface area contributed by atoms with Gasteiger partial charge in [0.15, 0.2) is 11.3 Å². The quantitative estimate of drug-likeness (QED) is 0.555. The van der Waals surface area contributed by atoms with Crippen molar-refractivity contribution in [1.82, 2.24) is 4.90 Å². The van der Waals surface area contributed by atoms with Gasteiger partial charge < -0.3 is 14.1 Å². The molecule has 0 saturated carbocycles. The lowest BCUT2D eigenvalue weighted by Gasteiger charge is -2.17. The maximum atomic E-state index is 13.5. The molecule has 2 aromatic rings. The largest absolute Gasteiger partial charge is 0.452 e. The summed E-state index contributed by atoms with van der Waals surface area (Å²) in [5.41, 5.74) is 0.392. The van der Waals surface area contributed by atoms with E-state index in [1.54, 1.807) is 30.3 Å². The number of furan rings is 1. The number of likely N-dealkylation sites (N-methyl/N-ethyl adjacent to an activating group) is 1. The van der Waals surface area contributed by atoms with Gasteiger partial charge in [-0.3, -0.25) is 4.79 Å². The van der Waals surface area contributed by atoms with E-state index in [4.69, 9.17) is 9.15 Å². The number of halogens is 2. The molecule has 1 heterocycles. The zero-order valence-electron chi connectivity index (χ0n) is 12.9. The lowest BCUT2D eigenvalue weighted by atomic mass is 10.2. The molecule has 5 nitrogen and oxygen atoms in total. The number of carbonyl (C=O) groups excluding carboxylic acids is 2. The van der Waals surface area contributed by atoms with Gasteiger partial charge in [-0.25, -0.2) is 9.18 Å². The fourth-order valence-corrected chi connectivity index (χ4v) is 2.15. The summed E-state index contributed by atoms with van der Waals surface area (Å²) < 4.78 is 24.1. The number of carbonyl (C=O) groups is 2. The summed E-state index contributed by atoms with van der Waals surface area (Å²) in [6.45, 7) is -0.324. The number of benzene rings is 1. The molecular formula is C17H15BrFNO4. The summed E-state index contributed by atoms with van der Waals surface area (Å²) in [5.74, 6) is -1.01. The van der Waals surface area contributed by atoms with Gasteiger partial charge in [0.05, 0.1) is 0 Å². The smallest absolute Gasteiger partial charge is 0.331 e. The first-order valence-corrected chi connectivity index (χ1v) is 7.82. The molecule has 0 atom stereocenters. The number of nitrogens with zero attached hydrogens (tertiary/aromatic N) is 1. The molecule has 0 bridgehead atoms. The normalized spacial score (nSPS) is 10.8. The van der Waals surface area contributed by atoms with Crippen molar-refractivity contribution in [2.75, 3.05) is 13.7 Å². The highest BCUT2D eigenvalue weighted by Crippen LogP contribution is 2.15. The Hall–Kier alpha value is -2.41. The molecule has 2 rings (SSSR count). The van der Waals surface area contributed by atoms with Crippen LogP contribution in [-0.4, -0.2) is 30.4 Å². The first-order chi connectivity index (χ1) is 11.5. The minimum Gasteiger partial charge on any atom is -0.452 e. The van der Waals surface area contributed by atoms with E-state index in [1.807, 2.05) is 0 Å². The van der Waals surface area contributed by atoms with Crippen LogP contribution in [0.5, 0.6) is 0 Å². The minimum atomic E-state index is -0.671. The van der Waals surface area contributed by atoms with E-state index in [9.17, 15) is 14.0 Å². The monoisotopic (exact) mass is 395 g/mol. The Morgan fingerprint density at radius 1 is 1.29 bits per heavy atom. The summed E-state index contributed by atoms with van der Waals surface area (Å²) >= 11 is 3.14. The third kappa shape index (κ3) is 5.34. The van der Waals surface area contributed by atoms with E-state index in [0.717, 1.165) is 6.08 Å². The maximum absolute atomic E-state index is 13.5. The van der Waals surface area contributed by atoms with Gasteiger partial charge in [0.2, 0.25) is 0 Å². The van der Waals surface area contributed by atoms with Crippen molar-refractivity contribution >= 4 is 33.9 Å². The van der Waals surface area contributed by atoms with Crippen LogP contribution in [0.15, 0.2) is 51.6 Å². The Balaban J connectivity index is 1.80. The van der Waals surface area contributed by atoms with Crippen molar-refractivity contribution in [2.45, 2.75) is 6.54 Å². The lowest BCUT2D eigenvalue weighted by Crippen LogP contribution is -2.30. The summed E-state index contributed by atoms with van der Waals surface area (Å²) in [6, 6.07) is 9.54. The average Bonchev–Trinajstić information content (AvgIpc) is 2.98. The van der Waals surface area contributed by atoms with E-state index in [-0.39, 0.29) is 12.4 Å². The predicted octanol–water partition coefficient (Wildman–Crippen LogP) is 3.40. The Kier molecular flexibility index (Phi) is 6.31. The minimum absolute atomic E-state index is 0.0965. The number of rotatable bonds is 6. The number of hydrogen-bond donors (Lipinski definition) is 0. The van der Waals surface area contributed by atoms with E-state index in [1.165, 1.54) is 24.1 Å². The molecule has 24 heavy (non-hydrogen) atoms. The second kappa shape index (κ2) is 8.44. The summed E-state index contributed by atoms with van der Waals surface area (Å²) in [5, 5.41) is 0. The standard InChI is InChI=1S/C17H15BrFNO4/c1-20(10-12-4-2-3-5-14(12)19)16(21)11-23-17(22)9-7-13-6-8-15(18)24-13/h2-9H,10-11H2,1H3/b9-7+. The summed E-state index contributed by atoms with van der Waals surface area (Å²) in [7, 11) is 1.51. The molecule has 126 valence electrons. The second-order valence-corrected chi connectivity index (χ2v) is 5.71. The molecule has 0 aliphatic heterocycles. The van der Waals surface area contributed by atoms with Crippen LogP contribution < -0.4 is 0 Å². The van der Waals surface area contributed by atoms with Gasteiger partial charge >= 0.3 is 5.97 Å². The molecule has 0 unspecified atom stereocenters. The van der Waals surface area contributed by atoms with E-state index >= 15 is 0 Å². The second-order valence-electron chi connectivity index (χ2n) is 4.92. The Bertz CT molecular complexity index is 757. The SMILES string of the molecule is CN(Cc1ccccc1F)C(=O)COC(=O)/C=C/c1ccc(Br)o1. The predicted molar refractivity (Wildman–Crippen MR) is 89.3 cm³/mol. The first-order valence-electron chi connectivity index (χ1n) is 7.03. The average molecular weight is 396 g/mol. The van der Waals surface area contributed by atoms with E-state index in [2.05, 4.69) is 15.9 Å². The molecule has 1 aromatic heterocycles. The molecule has 0 aliphatic rings. The van der Waals surface area contributed by atoms with Crippen molar-refractivity contribution in [1.29, 1.82) is 0 Å². The molecule has 1 aromatic carbocycles. The zero-order valence-corrected chi connectivity index (χ0v) is 14.5. The van der Waals surface area contributed by atoms with Crippen LogP contribution in [-0.2, 0) is 20.9 Å². The van der Waals surface area contributed by atoms with Crippen molar-refractivity contribution in [3.8, 4) is 0 Å². The van der Waals surface area contributed by atoms with Crippen LogP contribution in [0, 0.1) is 5.82 Å². The Morgan fingerprint density at radius 3 is 2.71 bits per heavy atom. The van der Waals surface area contributed by atoms with Crippen LogP contribution in [0.3, 0.4) is 0 Å². The highest BCUT2D eigenvalue weighted by molar-refractivity contribution is 9.10. The number of amides is 1. The van der Waals surface area contributed by atoms with Crippen molar-refractivity contribution in [3.05, 3.63) is 64.3 Å². The Labute approximate surface area is 146 Å². The van der Waals surface area contributed by atoms with Crippen LogP contribution >= 0.6 is 15.9 Å². The van der Waals surface area contributed by atoms with Crippen molar-refractivity contribution in [3.63, 3.8) is 0 Å². The fraction of sp³-hybridized carbons (Fsp3) is 0.176. The topological polar surface area (TPSA) is 59.8 Å². The molecule has 0 N–H and O–H groups in total. The van der Waals surface area contributed by atoms with Crippen LogP contribution in [0.25, 0.3) is 6.08 Å². The molecule has 0 saturated heterocycles. The van der Waals surface area contributed by atoms with Gasteiger partial charge in [-0.2, -0.15) is 0 Å². The lowest BCUT2D eigenvalue weighted by molar-refractivity contribution is -0.147. The van der Waals surface area contributed by atoms with Gasteiger partial charge in [0, 0.05) is 25.2 Å². The van der Waals surface area contributed by atoms with Crippen LogP contribution in [0.2, 0.25) is 0 Å². The summed E-state index contributed by atoms with van der Waals surface area (Å²) in [4.78, 5) is 24.8. The molecule has 1 amide bonds. The van der Waals surface area contributed by atoms with Crippen LogP contribution in [0.1, 0.15) is 11.3 Å². The molecule has 0 fully saturated rings. The first kappa shape index (κ1) is 17.9. The zero-order chi connectivity index (χ0) is 17.5. The van der Waals surface area contributed by atoms with Crippen molar-refractivity contribution < 1.29 is 23.1 Å². The van der Waals surface area contributed by atoms with Gasteiger partial charge in [0.25, 0.3) is 5.91 Å². The molecule has 7 heteroatoms. The molecule has 0 radical (unpaired) electrons. The van der Waals surface area contributed by atoms with Crippen LogP contribution in [0.4, 0.5) is 4.39 Å². The van der Waals surface area contributed by atoms with Gasteiger partial charge in [-0.05, 0) is 40.2 Å². The third-order valence-electron chi connectivity index (χ3n) is 3.11. The molecular weight excluding hydrogens is 381 g/mol. The number of hydrogen-bond acceptors (Lipinski definition) is 4. The third-order valence-corrected chi connectivity index (χ3v) is 3.53. The van der Waals surface area contributed by atoms with Gasteiger partial charge in [-0.15, -0.1) is 0 Å². The highest BCUT2D eigenvalue weighted by Gasteiger charge is 2.13. The maximum Gasteiger partial charge on any atom is 0.331 e. The Morgan fingerprint density at radius 2 is 2.04 bits per heavy atom. The van der Waals surface area contributed by atoms with Crippen molar-refractivity contribution in [2.24, 2.45) is 0 Å². The number of ether oxygens (including phenoxy) is 1. The molecule has 0 aliphatic carbocycles. The fourth-order valence-electron chi connectivity index (χ4n) is 1.83. The highest BCUT2D eigenvalue weighted by atomic mass is 79.9. The summed E-state index contributed by atoms with van der Waals surface area (Å²) in [6.07, 6.45) is 2.59. The van der Waals surface area contributed by atoms with Gasteiger partial charge in [-0.1, -0.05) is 18.2 Å². The molecule has 0 spiro atoms.